The Balaban J connectivity index is 1.55. The monoisotopic (exact) mass is 368 g/mol. The number of aromatic amines is 1. The molecule has 2 heterocycles. The fraction of sp³-hybridized carbons (Fsp3) is 0.467. The van der Waals surface area contributed by atoms with Crippen LogP contribution in [-0.2, 0) is 14.8 Å². The number of likely N-dealkylation sites (tertiary alicyclic amines) is 1. The van der Waals surface area contributed by atoms with E-state index >= 15 is 0 Å². The van der Waals surface area contributed by atoms with Gasteiger partial charge in [-0.05, 0) is 37.0 Å². The van der Waals surface area contributed by atoms with Crippen LogP contribution in [0.3, 0.4) is 0 Å². The van der Waals surface area contributed by atoms with Crippen molar-refractivity contribution in [3.8, 4) is 0 Å². The number of fused-ring (bicyclic) bond motifs is 1. The van der Waals surface area contributed by atoms with Gasteiger partial charge in [0.2, 0.25) is 15.9 Å². The molecule has 1 aromatic carbocycles. The van der Waals surface area contributed by atoms with E-state index in [4.69, 9.17) is 5.14 Å². The van der Waals surface area contributed by atoms with Gasteiger partial charge in [-0.25, -0.2) is 18.5 Å². The van der Waals surface area contributed by atoms with Crippen molar-refractivity contribution in [1.82, 2.24) is 14.9 Å². The minimum absolute atomic E-state index is 0.00597. The maximum atomic E-state index is 12.3. The Morgan fingerprint density at radius 3 is 3.04 bits per heavy atom. The number of hydrogen-bond acceptors (Lipinski definition) is 5. The predicted molar refractivity (Wildman–Crippen MR) is 94.2 cm³/mol. The number of H-pyrrole nitrogens is 1. The zero-order valence-electron chi connectivity index (χ0n) is 13.4. The number of nitrogens with zero attached hydrogens (tertiary/aromatic N) is 2. The highest BCUT2D eigenvalue weighted by Gasteiger charge is 2.28. The number of thioether (sulfide) groups is 1. The van der Waals surface area contributed by atoms with Crippen LogP contribution in [0.25, 0.3) is 11.0 Å². The Morgan fingerprint density at radius 2 is 2.29 bits per heavy atom. The molecule has 0 radical (unpaired) electrons. The van der Waals surface area contributed by atoms with Crippen molar-refractivity contribution >= 4 is 38.7 Å². The number of aromatic nitrogens is 2. The maximum Gasteiger partial charge on any atom is 0.233 e. The van der Waals surface area contributed by atoms with Gasteiger partial charge in [-0.15, -0.1) is 0 Å². The number of carbonyl (C=O) groups excluding carboxylic acids is 1. The lowest BCUT2D eigenvalue weighted by molar-refractivity contribution is -0.127. The molecule has 9 heteroatoms. The zero-order valence-corrected chi connectivity index (χ0v) is 15.0. The first-order valence-corrected chi connectivity index (χ1v) is 10.4. The fourth-order valence-electron chi connectivity index (χ4n) is 2.91. The molecular formula is C15H20N4O3S2. The summed E-state index contributed by atoms with van der Waals surface area (Å²) in [6, 6.07) is 5.97. The first kappa shape index (κ1) is 17.2. The summed E-state index contributed by atoms with van der Waals surface area (Å²) < 4.78 is 22.3. The maximum absolute atomic E-state index is 12.3. The summed E-state index contributed by atoms with van der Waals surface area (Å²) in [7, 11) is -3.49. The average Bonchev–Trinajstić information content (AvgIpc) is 3.09. The van der Waals surface area contributed by atoms with E-state index in [9.17, 15) is 13.2 Å². The third kappa shape index (κ3) is 4.28. The number of sulfonamides is 1. The first-order chi connectivity index (χ1) is 11.3. The number of hydrogen-bond donors (Lipinski definition) is 2. The van der Waals surface area contributed by atoms with Gasteiger partial charge in [0, 0.05) is 13.1 Å². The van der Waals surface area contributed by atoms with E-state index in [2.05, 4.69) is 9.97 Å². The number of amides is 1. The van der Waals surface area contributed by atoms with Gasteiger partial charge in [-0.3, -0.25) is 4.79 Å². The van der Waals surface area contributed by atoms with Crippen LogP contribution in [0.2, 0.25) is 0 Å². The lowest BCUT2D eigenvalue weighted by atomic mass is 10.2. The summed E-state index contributed by atoms with van der Waals surface area (Å²) in [5.41, 5.74) is 2.99. The lowest BCUT2D eigenvalue weighted by Gasteiger charge is -2.15. The number of rotatable bonds is 5. The lowest BCUT2D eigenvalue weighted by Crippen LogP contribution is -2.32. The third-order valence-electron chi connectivity index (χ3n) is 4.05. The van der Waals surface area contributed by atoms with E-state index in [-0.39, 0.29) is 23.3 Å². The number of nitrogens with one attached hydrogen (secondary N) is 1. The van der Waals surface area contributed by atoms with Crippen molar-refractivity contribution in [3.05, 3.63) is 23.8 Å². The van der Waals surface area contributed by atoms with Gasteiger partial charge < -0.3 is 9.88 Å². The van der Waals surface area contributed by atoms with Crippen molar-refractivity contribution in [2.75, 3.05) is 24.6 Å². The number of aryl methyl sites for hydroxylation is 1. The molecule has 3 rings (SSSR count). The zero-order chi connectivity index (χ0) is 17.3. The molecule has 1 aromatic heterocycles. The second kappa shape index (κ2) is 6.73. The summed E-state index contributed by atoms with van der Waals surface area (Å²) in [6.45, 7) is 3.05. The van der Waals surface area contributed by atoms with Gasteiger partial charge in [0.05, 0.1) is 22.5 Å². The second-order valence-corrected chi connectivity index (χ2v) is 8.80. The van der Waals surface area contributed by atoms with Crippen LogP contribution < -0.4 is 5.14 Å². The van der Waals surface area contributed by atoms with Crippen LogP contribution in [0, 0.1) is 12.8 Å². The molecule has 130 valence electrons. The highest BCUT2D eigenvalue weighted by Crippen LogP contribution is 2.23. The quantitative estimate of drug-likeness (QED) is 0.768. The molecule has 2 aromatic rings. The molecule has 1 atom stereocenters. The first-order valence-electron chi connectivity index (χ1n) is 7.67. The molecule has 7 nitrogen and oxygen atoms in total. The summed E-state index contributed by atoms with van der Waals surface area (Å²) in [4.78, 5) is 21.6. The number of primary sulfonamides is 1. The molecule has 0 bridgehead atoms. The van der Waals surface area contributed by atoms with E-state index in [0.717, 1.165) is 16.6 Å². The summed E-state index contributed by atoms with van der Waals surface area (Å²) >= 11 is 1.36. The van der Waals surface area contributed by atoms with Crippen molar-refractivity contribution in [2.24, 2.45) is 11.1 Å². The van der Waals surface area contributed by atoms with Crippen LogP contribution in [-0.4, -0.2) is 53.8 Å². The number of imidazole rings is 1. The number of nitrogens with two attached hydrogens (primary N) is 1. The Labute approximate surface area is 145 Å². The van der Waals surface area contributed by atoms with Gasteiger partial charge in [0.1, 0.15) is 0 Å². The van der Waals surface area contributed by atoms with Gasteiger partial charge in [0.25, 0.3) is 0 Å². The topological polar surface area (TPSA) is 109 Å². The molecule has 3 N–H and O–H groups in total. The Kier molecular flexibility index (Phi) is 4.84. The molecule has 1 saturated heterocycles. The summed E-state index contributed by atoms with van der Waals surface area (Å²) in [6.07, 6.45) is 0.677. The van der Waals surface area contributed by atoms with Crippen LogP contribution in [0.1, 0.15) is 12.0 Å². The van der Waals surface area contributed by atoms with E-state index < -0.39 is 10.0 Å². The minimum atomic E-state index is -3.49. The summed E-state index contributed by atoms with van der Waals surface area (Å²) in [5, 5.41) is 5.78. The number of carbonyl (C=O) groups is 1. The molecule has 0 saturated carbocycles. The largest absolute Gasteiger partial charge is 0.342 e. The van der Waals surface area contributed by atoms with Crippen LogP contribution in [0.5, 0.6) is 0 Å². The van der Waals surface area contributed by atoms with E-state index in [0.29, 0.717) is 24.7 Å². The molecule has 1 amide bonds. The fourth-order valence-corrected chi connectivity index (χ4v) is 4.63. The normalized spacial score (nSPS) is 18.4. The van der Waals surface area contributed by atoms with E-state index in [1.807, 2.05) is 25.1 Å². The van der Waals surface area contributed by atoms with Gasteiger partial charge in [-0.2, -0.15) is 0 Å². The SMILES string of the molecule is Cc1ccc2nc(SCC(=O)N3CC[C@H](CS(N)(=O)=O)C3)[nH]c2c1. The van der Waals surface area contributed by atoms with Gasteiger partial charge in [0.15, 0.2) is 5.16 Å². The van der Waals surface area contributed by atoms with Crippen molar-refractivity contribution in [2.45, 2.75) is 18.5 Å². The summed E-state index contributed by atoms with van der Waals surface area (Å²) in [5.74, 6) is 0.144. The Hall–Kier alpha value is -1.58. The molecule has 24 heavy (non-hydrogen) atoms. The molecule has 1 aliphatic rings. The third-order valence-corrected chi connectivity index (χ3v) is 5.85. The highest BCUT2D eigenvalue weighted by molar-refractivity contribution is 7.99. The van der Waals surface area contributed by atoms with Crippen molar-refractivity contribution in [3.63, 3.8) is 0 Å². The molecule has 1 fully saturated rings. The standard InChI is InChI=1S/C15H20N4O3S2/c1-10-2-3-12-13(6-10)18-15(17-12)23-8-14(20)19-5-4-11(7-19)9-24(16,21)22/h2-3,6,11H,4-5,7-9H2,1H3,(H,17,18)(H2,16,21,22)/t11-/m0/s1. The van der Waals surface area contributed by atoms with Crippen molar-refractivity contribution in [1.29, 1.82) is 0 Å². The molecule has 1 aliphatic heterocycles. The average molecular weight is 368 g/mol. The molecule has 0 aliphatic carbocycles. The molecule has 0 spiro atoms. The highest BCUT2D eigenvalue weighted by atomic mass is 32.2. The Bertz CT molecular complexity index is 863. The van der Waals surface area contributed by atoms with Crippen LogP contribution >= 0.6 is 11.8 Å². The van der Waals surface area contributed by atoms with E-state index in [1.54, 1.807) is 4.90 Å². The number of benzene rings is 1. The smallest absolute Gasteiger partial charge is 0.233 e. The van der Waals surface area contributed by atoms with Crippen molar-refractivity contribution < 1.29 is 13.2 Å². The predicted octanol–water partition coefficient (Wildman–Crippen LogP) is 1.10. The van der Waals surface area contributed by atoms with Gasteiger partial charge in [-0.1, -0.05) is 17.8 Å². The molecular weight excluding hydrogens is 348 g/mol. The Morgan fingerprint density at radius 1 is 1.50 bits per heavy atom. The second-order valence-electron chi connectivity index (χ2n) is 6.18. The van der Waals surface area contributed by atoms with Gasteiger partial charge >= 0.3 is 0 Å². The molecule has 0 unspecified atom stereocenters. The van der Waals surface area contributed by atoms with E-state index in [1.165, 1.54) is 11.8 Å². The van der Waals surface area contributed by atoms with Crippen LogP contribution in [0.4, 0.5) is 0 Å². The minimum Gasteiger partial charge on any atom is -0.342 e. The van der Waals surface area contributed by atoms with Crippen LogP contribution in [0.15, 0.2) is 23.4 Å².